The van der Waals surface area contributed by atoms with Crippen LogP contribution in [0.1, 0.15) is 32.3 Å². The first-order valence-electron chi connectivity index (χ1n) is 7.85. The summed E-state index contributed by atoms with van der Waals surface area (Å²) in [5.74, 6) is 1.13. The highest BCUT2D eigenvalue weighted by Crippen LogP contribution is 2.27. The van der Waals surface area contributed by atoms with Crippen molar-refractivity contribution in [3.05, 3.63) is 28.2 Å². The molecule has 3 atom stereocenters. The van der Waals surface area contributed by atoms with E-state index in [1.807, 2.05) is 43.9 Å². The fraction of sp³-hybridized carbons (Fsp3) is 0.588. The van der Waals surface area contributed by atoms with E-state index in [9.17, 15) is 4.79 Å². The maximum atomic E-state index is 12.6. The molecule has 3 unspecified atom stereocenters. The monoisotopic (exact) mass is 368 g/mol. The highest BCUT2D eigenvalue weighted by molar-refractivity contribution is 9.10. The van der Waals surface area contributed by atoms with Gasteiger partial charge in [0, 0.05) is 19.1 Å². The number of nitrogens with two attached hydrogens (primary N) is 1. The molecule has 1 heterocycles. The summed E-state index contributed by atoms with van der Waals surface area (Å²) in [5.41, 5.74) is 7.14. The Morgan fingerprint density at radius 3 is 2.82 bits per heavy atom. The summed E-state index contributed by atoms with van der Waals surface area (Å²) in [6, 6.07) is 5.98. The van der Waals surface area contributed by atoms with Crippen LogP contribution in [0, 0.1) is 12.8 Å². The van der Waals surface area contributed by atoms with Crippen LogP contribution in [-0.2, 0) is 4.79 Å². The first-order chi connectivity index (χ1) is 10.4. The second-order valence-corrected chi connectivity index (χ2v) is 7.09. The lowest BCUT2D eigenvalue weighted by Crippen LogP contribution is -2.48. The quantitative estimate of drug-likeness (QED) is 0.887. The molecule has 1 fully saturated rings. The molecule has 0 spiro atoms. The number of rotatable bonds is 4. The summed E-state index contributed by atoms with van der Waals surface area (Å²) < 4.78 is 6.72. The molecule has 1 saturated heterocycles. The van der Waals surface area contributed by atoms with Crippen molar-refractivity contribution >= 4 is 21.8 Å². The van der Waals surface area contributed by atoms with Gasteiger partial charge in [0.1, 0.15) is 5.75 Å². The van der Waals surface area contributed by atoms with Crippen LogP contribution >= 0.6 is 15.9 Å². The van der Waals surface area contributed by atoms with Gasteiger partial charge in [-0.3, -0.25) is 4.79 Å². The number of nitrogens with zero attached hydrogens (tertiary/aromatic N) is 1. The summed E-state index contributed by atoms with van der Waals surface area (Å²) in [6.07, 6.45) is 1.62. The van der Waals surface area contributed by atoms with Gasteiger partial charge in [0.15, 0.2) is 6.10 Å². The Labute approximate surface area is 141 Å². The lowest BCUT2D eigenvalue weighted by molar-refractivity contribution is -0.139. The average Bonchev–Trinajstić information content (AvgIpc) is 2.49. The third kappa shape index (κ3) is 4.23. The summed E-state index contributed by atoms with van der Waals surface area (Å²) in [5, 5.41) is 0. The van der Waals surface area contributed by atoms with Crippen molar-refractivity contribution in [2.45, 2.75) is 45.8 Å². The zero-order chi connectivity index (χ0) is 16.3. The smallest absolute Gasteiger partial charge is 0.263 e. The normalized spacial score (nSPS) is 21.3. The van der Waals surface area contributed by atoms with E-state index < -0.39 is 6.10 Å². The van der Waals surface area contributed by atoms with Crippen molar-refractivity contribution in [1.29, 1.82) is 0 Å². The number of carbonyl (C=O) groups is 1. The number of piperidine rings is 1. The molecule has 5 heteroatoms. The molecule has 2 N–H and O–H groups in total. The fourth-order valence-electron chi connectivity index (χ4n) is 2.84. The van der Waals surface area contributed by atoms with Crippen LogP contribution in [0.5, 0.6) is 5.75 Å². The minimum absolute atomic E-state index is 0.0397. The standard InChI is InChI=1S/C17H25BrN2O2/c1-11-6-7-16(15(18)9-11)22-13(3)17(21)20-8-4-5-14(10-20)12(2)19/h6-7,9,12-14H,4-5,8,10,19H2,1-3H3. The number of ether oxygens (including phenoxy) is 1. The number of carbonyl (C=O) groups excluding carboxylic acids is 1. The van der Waals surface area contributed by atoms with Crippen molar-refractivity contribution in [2.24, 2.45) is 11.7 Å². The molecule has 0 aliphatic carbocycles. The van der Waals surface area contributed by atoms with E-state index >= 15 is 0 Å². The molecule has 122 valence electrons. The Balaban J connectivity index is 1.99. The van der Waals surface area contributed by atoms with Crippen molar-refractivity contribution < 1.29 is 9.53 Å². The minimum atomic E-state index is -0.495. The molecule has 1 aliphatic rings. The van der Waals surface area contributed by atoms with Gasteiger partial charge in [-0.05, 0) is 73.2 Å². The van der Waals surface area contributed by atoms with Gasteiger partial charge in [-0.1, -0.05) is 6.07 Å². The van der Waals surface area contributed by atoms with E-state index in [1.54, 1.807) is 0 Å². The first kappa shape index (κ1) is 17.3. The Bertz CT molecular complexity index is 533. The predicted molar refractivity (Wildman–Crippen MR) is 91.9 cm³/mol. The van der Waals surface area contributed by atoms with Crippen LogP contribution in [0.3, 0.4) is 0 Å². The van der Waals surface area contributed by atoms with E-state index in [0.29, 0.717) is 11.7 Å². The predicted octanol–water partition coefficient (Wildman–Crippen LogP) is 3.11. The van der Waals surface area contributed by atoms with E-state index in [0.717, 1.165) is 36.0 Å². The molecule has 0 bridgehead atoms. The van der Waals surface area contributed by atoms with E-state index in [4.69, 9.17) is 10.5 Å². The van der Waals surface area contributed by atoms with Crippen molar-refractivity contribution in [3.63, 3.8) is 0 Å². The second-order valence-electron chi connectivity index (χ2n) is 6.24. The van der Waals surface area contributed by atoms with Gasteiger partial charge in [0.2, 0.25) is 0 Å². The number of amides is 1. The molecule has 1 aliphatic heterocycles. The molecule has 4 nitrogen and oxygen atoms in total. The summed E-state index contributed by atoms with van der Waals surface area (Å²) >= 11 is 3.48. The third-order valence-corrected chi connectivity index (χ3v) is 4.87. The van der Waals surface area contributed by atoms with Gasteiger partial charge in [0.05, 0.1) is 4.47 Å². The zero-order valence-electron chi connectivity index (χ0n) is 13.5. The average molecular weight is 369 g/mol. The summed E-state index contributed by atoms with van der Waals surface area (Å²) in [4.78, 5) is 14.5. The SMILES string of the molecule is Cc1ccc(OC(C)C(=O)N2CCCC(C(C)N)C2)c(Br)c1. The van der Waals surface area contributed by atoms with E-state index in [-0.39, 0.29) is 11.9 Å². The van der Waals surface area contributed by atoms with Crippen LogP contribution in [0.2, 0.25) is 0 Å². The van der Waals surface area contributed by atoms with Crippen LogP contribution in [0.25, 0.3) is 0 Å². The molecule has 0 aromatic heterocycles. The first-order valence-corrected chi connectivity index (χ1v) is 8.65. The number of likely N-dealkylation sites (tertiary alicyclic amines) is 1. The highest BCUT2D eigenvalue weighted by atomic mass is 79.9. The van der Waals surface area contributed by atoms with Gasteiger partial charge < -0.3 is 15.4 Å². The van der Waals surface area contributed by atoms with Crippen molar-refractivity contribution in [2.75, 3.05) is 13.1 Å². The van der Waals surface area contributed by atoms with E-state index in [1.165, 1.54) is 0 Å². The number of aryl methyl sites for hydroxylation is 1. The molecule has 2 rings (SSSR count). The number of hydrogen-bond donors (Lipinski definition) is 1. The fourth-order valence-corrected chi connectivity index (χ4v) is 3.43. The number of benzene rings is 1. The molecule has 0 saturated carbocycles. The maximum absolute atomic E-state index is 12.6. The van der Waals surface area contributed by atoms with Crippen LogP contribution in [0.15, 0.2) is 22.7 Å². The summed E-state index contributed by atoms with van der Waals surface area (Å²) in [6.45, 7) is 7.38. The van der Waals surface area contributed by atoms with Crippen LogP contribution < -0.4 is 10.5 Å². The largest absolute Gasteiger partial charge is 0.480 e. The van der Waals surface area contributed by atoms with Gasteiger partial charge in [-0.25, -0.2) is 0 Å². The third-order valence-electron chi connectivity index (χ3n) is 4.25. The Kier molecular flexibility index (Phi) is 5.87. The lowest BCUT2D eigenvalue weighted by atomic mass is 9.92. The van der Waals surface area contributed by atoms with Crippen molar-refractivity contribution in [1.82, 2.24) is 4.90 Å². The Hall–Kier alpha value is -1.07. The van der Waals surface area contributed by atoms with Gasteiger partial charge in [-0.2, -0.15) is 0 Å². The Morgan fingerprint density at radius 1 is 1.45 bits per heavy atom. The molecular weight excluding hydrogens is 344 g/mol. The van der Waals surface area contributed by atoms with Gasteiger partial charge in [0.25, 0.3) is 5.91 Å². The number of hydrogen-bond acceptors (Lipinski definition) is 3. The van der Waals surface area contributed by atoms with E-state index in [2.05, 4.69) is 15.9 Å². The topological polar surface area (TPSA) is 55.6 Å². The van der Waals surface area contributed by atoms with Crippen LogP contribution in [-0.4, -0.2) is 36.0 Å². The number of halogens is 1. The molecular formula is C17H25BrN2O2. The summed E-state index contributed by atoms with van der Waals surface area (Å²) in [7, 11) is 0. The lowest BCUT2D eigenvalue weighted by Gasteiger charge is -2.35. The minimum Gasteiger partial charge on any atom is -0.480 e. The maximum Gasteiger partial charge on any atom is 0.263 e. The molecule has 0 radical (unpaired) electrons. The molecule has 1 amide bonds. The van der Waals surface area contributed by atoms with Crippen LogP contribution in [0.4, 0.5) is 0 Å². The van der Waals surface area contributed by atoms with Gasteiger partial charge >= 0.3 is 0 Å². The zero-order valence-corrected chi connectivity index (χ0v) is 15.1. The van der Waals surface area contributed by atoms with Crippen molar-refractivity contribution in [3.8, 4) is 5.75 Å². The molecule has 1 aromatic rings. The Morgan fingerprint density at radius 2 is 2.18 bits per heavy atom. The highest BCUT2D eigenvalue weighted by Gasteiger charge is 2.29. The van der Waals surface area contributed by atoms with Gasteiger partial charge in [-0.15, -0.1) is 0 Å². The molecule has 1 aromatic carbocycles. The molecule has 22 heavy (non-hydrogen) atoms. The second kappa shape index (κ2) is 7.47.